The van der Waals surface area contributed by atoms with Crippen LogP contribution in [0.5, 0.6) is 0 Å². The summed E-state index contributed by atoms with van der Waals surface area (Å²) in [4.78, 5) is 36.2. The quantitative estimate of drug-likeness (QED) is 0.342. The average molecular weight is 361 g/mol. The smallest absolute Gasteiger partial charge is 0.168 e. The molecule has 0 amide bonds. The number of hydrogen-bond donors (Lipinski definition) is 3. The number of carbonyl (C=O) groups is 2. The molecule has 1 aliphatic heterocycles. The van der Waals surface area contributed by atoms with Gasteiger partial charge in [0.1, 0.15) is 0 Å². The van der Waals surface area contributed by atoms with Crippen molar-refractivity contribution >= 4 is 11.6 Å². The molecule has 2 aliphatic rings. The van der Waals surface area contributed by atoms with Crippen molar-refractivity contribution in [2.75, 3.05) is 52.4 Å². The average Bonchev–Trinajstić information content (AvgIpc) is 3.16. The summed E-state index contributed by atoms with van der Waals surface area (Å²) in [6.45, 7) is 6.39. The van der Waals surface area contributed by atoms with Crippen molar-refractivity contribution < 1.29 is 14.7 Å². The van der Waals surface area contributed by atoms with Gasteiger partial charge in [-0.1, -0.05) is 0 Å². The predicted molar refractivity (Wildman–Crippen MR) is 96.6 cm³/mol. The fraction of sp³-hybridized carbons (Fsp3) is 0.611. The number of H-pyrrole nitrogens is 1. The summed E-state index contributed by atoms with van der Waals surface area (Å²) in [6.07, 6.45) is 5.57. The molecule has 1 aliphatic carbocycles. The van der Waals surface area contributed by atoms with Gasteiger partial charge >= 0.3 is 0 Å². The summed E-state index contributed by atoms with van der Waals surface area (Å²) in [5, 5.41) is 12.1. The van der Waals surface area contributed by atoms with Crippen LogP contribution >= 0.6 is 0 Å². The standard InChI is InChI=1S/C18H27N5O3/c24-8-7-23-5-3-22(4-6-23)2-1-19-11-15-17(25)9-14(10-18(15)26)16-12-20-13-21-16/h11-14,19,24H,1-10H2,(H,20,21). The molecule has 0 aromatic carbocycles. The topological polar surface area (TPSA) is 102 Å². The van der Waals surface area contributed by atoms with E-state index in [0.29, 0.717) is 19.4 Å². The zero-order chi connectivity index (χ0) is 18.4. The lowest BCUT2D eigenvalue weighted by Gasteiger charge is -2.34. The number of nitrogens with one attached hydrogen (secondary N) is 2. The highest BCUT2D eigenvalue weighted by atomic mass is 16.3. The van der Waals surface area contributed by atoms with Crippen molar-refractivity contribution in [3.05, 3.63) is 30.0 Å². The summed E-state index contributed by atoms with van der Waals surface area (Å²) in [6, 6.07) is 0. The molecule has 1 aromatic heterocycles. The van der Waals surface area contributed by atoms with Gasteiger partial charge in [0.25, 0.3) is 0 Å². The molecule has 0 unspecified atom stereocenters. The molecule has 1 saturated heterocycles. The Hall–Kier alpha value is -2.03. The molecular formula is C18H27N5O3. The van der Waals surface area contributed by atoms with Gasteiger partial charge in [-0.2, -0.15) is 0 Å². The molecule has 0 bridgehead atoms. The Labute approximate surface area is 153 Å². The van der Waals surface area contributed by atoms with E-state index >= 15 is 0 Å². The van der Waals surface area contributed by atoms with Crippen LogP contribution in [-0.2, 0) is 9.59 Å². The van der Waals surface area contributed by atoms with E-state index < -0.39 is 0 Å². The lowest BCUT2D eigenvalue weighted by atomic mass is 9.82. The maximum atomic E-state index is 12.3. The van der Waals surface area contributed by atoms with Crippen LogP contribution in [0.1, 0.15) is 24.5 Å². The van der Waals surface area contributed by atoms with E-state index in [4.69, 9.17) is 5.11 Å². The van der Waals surface area contributed by atoms with Gasteiger partial charge in [-0.25, -0.2) is 4.98 Å². The molecule has 0 radical (unpaired) electrons. The van der Waals surface area contributed by atoms with E-state index in [1.807, 2.05) is 0 Å². The van der Waals surface area contributed by atoms with Gasteiger partial charge < -0.3 is 15.4 Å². The van der Waals surface area contributed by atoms with Crippen LogP contribution in [0.2, 0.25) is 0 Å². The number of aliphatic hydroxyl groups is 1. The van der Waals surface area contributed by atoms with Crippen molar-refractivity contribution in [1.82, 2.24) is 25.1 Å². The van der Waals surface area contributed by atoms with Crippen molar-refractivity contribution in [3.8, 4) is 0 Å². The molecule has 1 saturated carbocycles. The Morgan fingerprint density at radius 1 is 1.15 bits per heavy atom. The monoisotopic (exact) mass is 361 g/mol. The van der Waals surface area contributed by atoms with E-state index in [-0.39, 0.29) is 29.7 Å². The molecule has 0 spiro atoms. The third-order valence-corrected chi connectivity index (χ3v) is 5.10. The van der Waals surface area contributed by atoms with Gasteiger partial charge in [-0.05, 0) is 0 Å². The molecule has 8 heteroatoms. The molecule has 3 N–H and O–H groups in total. The third-order valence-electron chi connectivity index (χ3n) is 5.10. The van der Waals surface area contributed by atoms with Crippen LogP contribution in [-0.4, -0.2) is 88.9 Å². The van der Waals surface area contributed by atoms with E-state index in [9.17, 15) is 9.59 Å². The number of β-amino-alcohol motifs (C(OH)–C–C–N with tert-alkyl or cyclic N) is 1. The van der Waals surface area contributed by atoms with Crippen molar-refractivity contribution in [2.45, 2.75) is 18.8 Å². The maximum absolute atomic E-state index is 12.3. The fourth-order valence-corrected chi connectivity index (χ4v) is 3.54. The normalized spacial score (nSPS) is 22.7. The summed E-state index contributed by atoms with van der Waals surface area (Å²) < 4.78 is 0. The zero-order valence-corrected chi connectivity index (χ0v) is 15.0. The number of aliphatic hydroxyl groups excluding tert-OH is 1. The minimum absolute atomic E-state index is 0.112. The zero-order valence-electron chi connectivity index (χ0n) is 15.0. The first-order chi connectivity index (χ1) is 12.7. The fourth-order valence-electron chi connectivity index (χ4n) is 3.54. The predicted octanol–water partition coefficient (Wildman–Crippen LogP) is -0.491. The third kappa shape index (κ3) is 4.78. The van der Waals surface area contributed by atoms with Crippen molar-refractivity contribution in [2.24, 2.45) is 0 Å². The molecule has 2 fully saturated rings. The van der Waals surface area contributed by atoms with Gasteiger partial charge in [0, 0.05) is 77.0 Å². The molecule has 2 heterocycles. The second kappa shape index (κ2) is 9.07. The highest BCUT2D eigenvalue weighted by Gasteiger charge is 2.32. The molecule has 8 nitrogen and oxygen atoms in total. The van der Waals surface area contributed by atoms with E-state index in [1.165, 1.54) is 0 Å². The highest BCUT2D eigenvalue weighted by molar-refractivity contribution is 6.22. The van der Waals surface area contributed by atoms with Crippen molar-refractivity contribution in [1.29, 1.82) is 0 Å². The van der Waals surface area contributed by atoms with E-state index in [2.05, 4.69) is 25.1 Å². The van der Waals surface area contributed by atoms with Crippen LogP contribution in [0.15, 0.2) is 24.3 Å². The van der Waals surface area contributed by atoms with Gasteiger partial charge in [-0.15, -0.1) is 0 Å². The number of ketones is 2. The summed E-state index contributed by atoms with van der Waals surface area (Å²) in [5.41, 5.74) is 1.06. The largest absolute Gasteiger partial charge is 0.395 e. The van der Waals surface area contributed by atoms with E-state index in [0.717, 1.165) is 45.0 Å². The van der Waals surface area contributed by atoms with Gasteiger partial charge in [0.05, 0.1) is 24.2 Å². The highest BCUT2D eigenvalue weighted by Crippen LogP contribution is 2.29. The van der Waals surface area contributed by atoms with Crippen LogP contribution < -0.4 is 5.32 Å². The Balaban J connectivity index is 1.41. The Morgan fingerprint density at radius 2 is 1.81 bits per heavy atom. The minimum Gasteiger partial charge on any atom is -0.395 e. The van der Waals surface area contributed by atoms with Gasteiger partial charge in [0.2, 0.25) is 0 Å². The van der Waals surface area contributed by atoms with Gasteiger partial charge in [0.15, 0.2) is 11.6 Å². The Kier molecular flexibility index (Phi) is 6.54. The number of allylic oxidation sites excluding steroid dienone is 1. The lowest BCUT2D eigenvalue weighted by Crippen LogP contribution is -2.48. The number of rotatable bonds is 7. The number of piperazine rings is 1. The lowest BCUT2D eigenvalue weighted by molar-refractivity contribution is -0.124. The molecule has 0 atom stereocenters. The number of Topliss-reactive ketones (excluding diaryl/α,β-unsaturated/α-hetero) is 2. The molecule has 1 aromatic rings. The summed E-state index contributed by atoms with van der Waals surface area (Å²) in [7, 11) is 0. The van der Waals surface area contributed by atoms with Gasteiger partial charge in [-0.3, -0.25) is 19.4 Å². The number of nitrogens with zero attached hydrogens (tertiary/aromatic N) is 3. The van der Waals surface area contributed by atoms with Crippen molar-refractivity contribution in [3.63, 3.8) is 0 Å². The maximum Gasteiger partial charge on any atom is 0.168 e. The number of hydrogen-bond acceptors (Lipinski definition) is 7. The summed E-state index contributed by atoms with van der Waals surface area (Å²) in [5.74, 6) is -0.340. The number of aromatic amines is 1. The first-order valence-corrected chi connectivity index (χ1v) is 9.21. The van der Waals surface area contributed by atoms with E-state index in [1.54, 1.807) is 18.7 Å². The number of carbonyl (C=O) groups excluding carboxylic acids is 2. The SMILES string of the molecule is O=C1CC(c2c[nH]cn2)CC(=O)C1=CNCCN1CCN(CCO)CC1. The molecular weight excluding hydrogens is 334 g/mol. The number of aromatic nitrogens is 2. The second-order valence-corrected chi connectivity index (χ2v) is 6.86. The second-order valence-electron chi connectivity index (χ2n) is 6.86. The molecule has 142 valence electrons. The molecule has 3 rings (SSSR count). The summed E-state index contributed by atoms with van der Waals surface area (Å²) >= 11 is 0. The Bertz CT molecular complexity index is 615. The van der Waals surface area contributed by atoms with Crippen LogP contribution in [0, 0.1) is 0 Å². The van der Waals surface area contributed by atoms with Crippen LogP contribution in [0.25, 0.3) is 0 Å². The molecule has 26 heavy (non-hydrogen) atoms. The first-order valence-electron chi connectivity index (χ1n) is 9.21. The minimum atomic E-state index is -0.117. The van der Waals surface area contributed by atoms with Crippen LogP contribution in [0.3, 0.4) is 0 Å². The number of imidazole rings is 1. The first kappa shape index (κ1) is 18.8. The van der Waals surface area contributed by atoms with Crippen LogP contribution in [0.4, 0.5) is 0 Å². The Morgan fingerprint density at radius 3 is 2.38 bits per heavy atom.